The summed E-state index contributed by atoms with van der Waals surface area (Å²) < 4.78 is 37.4. The number of likely N-dealkylation sites (N-methyl/N-ethyl adjacent to an activating group) is 1. The number of furan rings is 1. The highest BCUT2D eigenvalue weighted by atomic mass is 35.5. The lowest BCUT2D eigenvalue weighted by Crippen LogP contribution is -2.37. The molecule has 1 saturated heterocycles. The Hall–Kier alpha value is -0.560. The van der Waals surface area contributed by atoms with Crippen LogP contribution in [0.3, 0.4) is 0 Å². The number of sulfonamides is 1. The number of aryl methyl sites for hydroxylation is 2. The maximum Gasteiger partial charge on any atom is 0.246 e. The number of ether oxygens (including phenoxy) is 1. The lowest BCUT2D eigenvalue weighted by Gasteiger charge is -2.22. The molecule has 1 aliphatic heterocycles. The molecule has 1 atom stereocenters. The zero-order valence-electron chi connectivity index (χ0n) is 11.3. The van der Waals surface area contributed by atoms with Crippen molar-refractivity contribution < 1.29 is 17.6 Å². The van der Waals surface area contributed by atoms with Gasteiger partial charge in [-0.1, -0.05) is 0 Å². The van der Waals surface area contributed by atoms with E-state index < -0.39 is 10.0 Å². The third kappa shape index (κ3) is 2.54. The lowest BCUT2D eigenvalue weighted by atomic mass is 10.3. The second kappa shape index (κ2) is 5.44. The quantitative estimate of drug-likeness (QED) is 0.799. The van der Waals surface area contributed by atoms with E-state index in [2.05, 4.69) is 0 Å². The van der Waals surface area contributed by atoms with Crippen molar-refractivity contribution in [2.45, 2.75) is 37.1 Å². The summed E-state index contributed by atoms with van der Waals surface area (Å²) in [5, 5.41) is 0. The first kappa shape index (κ1) is 14.8. The first-order valence-corrected chi connectivity index (χ1v) is 8.07. The molecular formula is C12H18ClNO4S. The van der Waals surface area contributed by atoms with E-state index in [4.69, 9.17) is 20.8 Å². The molecule has 1 unspecified atom stereocenters. The Labute approximate surface area is 118 Å². The van der Waals surface area contributed by atoms with E-state index in [1.807, 2.05) is 0 Å². The molecule has 5 nitrogen and oxygen atoms in total. The van der Waals surface area contributed by atoms with E-state index in [1.54, 1.807) is 20.9 Å². The fourth-order valence-corrected chi connectivity index (χ4v) is 4.53. The van der Waals surface area contributed by atoms with Crippen LogP contribution in [0.1, 0.15) is 23.5 Å². The fraction of sp³-hybridized carbons (Fsp3) is 0.667. The van der Waals surface area contributed by atoms with Gasteiger partial charge in [0.05, 0.1) is 18.5 Å². The van der Waals surface area contributed by atoms with Crippen molar-refractivity contribution in [3.8, 4) is 0 Å². The Kier molecular flexibility index (Phi) is 4.25. The highest BCUT2D eigenvalue weighted by Crippen LogP contribution is 2.31. The van der Waals surface area contributed by atoms with E-state index in [-0.39, 0.29) is 16.8 Å². The Morgan fingerprint density at radius 2 is 2.05 bits per heavy atom. The van der Waals surface area contributed by atoms with Gasteiger partial charge >= 0.3 is 0 Å². The summed E-state index contributed by atoms with van der Waals surface area (Å²) in [6.45, 7) is 4.40. The molecule has 0 N–H and O–H groups in total. The highest BCUT2D eigenvalue weighted by Gasteiger charge is 2.35. The molecule has 19 heavy (non-hydrogen) atoms. The first-order valence-electron chi connectivity index (χ1n) is 6.10. The molecule has 0 amide bonds. The summed E-state index contributed by atoms with van der Waals surface area (Å²) in [4.78, 5) is 0.203. The first-order chi connectivity index (χ1) is 8.89. The van der Waals surface area contributed by atoms with E-state index in [9.17, 15) is 8.42 Å². The van der Waals surface area contributed by atoms with Crippen LogP contribution in [0.5, 0.6) is 0 Å². The Balaban J connectivity index is 2.44. The van der Waals surface area contributed by atoms with E-state index in [1.165, 1.54) is 4.31 Å². The van der Waals surface area contributed by atoms with Gasteiger partial charge in [0.2, 0.25) is 10.0 Å². The van der Waals surface area contributed by atoms with Crippen LogP contribution >= 0.6 is 11.6 Å². The lowest BCUT2D eigenvalue weighted by molar-refractivity contribution is 0.181. The molecule has 0 spiro atoms. The number of hydrogen-bond acceptors (Lipinski definition) is 4. The summed E-state index contributed by atoms with van der Waals surface area (Å²) in [6, 6.07) is -0.122. The Bertz CT molecular complexity index is 561. The van der Waals surface area contributed by atoms with Crippen molar-refractivity contribution in [3.63, 3.8) is 0 Å². The Morgan fingerprint density at radius 1 is 1.37 bits per heavy atom. The van der Waals surface area contributed by atoms with E-state index in [0.717, 1.165) is 0 Å². The molecule has 1 aromatic rings. The van der Waals surface area contributed by atoms with Crippen molar-refractivity contribution in [3.05, 3.63) is 17.1 Å². The number of hydrogen-bond donors (Lipinski definition) is 0. The molecule has 1 aliphatic rings. The minimum Gasteiger partial charge on any atom is -0.465 e. The van der Waals surface area contributed by atoms with Gasteiger partial charge in [0.1, 0.15) is 16.4 Å². The predicted octanol–water partition coefficient (Wildman–Crippen LogP) is 2.04. The second-order valence-electron chi connectivity index (χ2n) is 4.69. The summed E-state index contributed by atoms with van der Waals surface area (Å²) in [5.74, 6) is 1.06. The van der Waals surface area contributed by atoms with Crippen molar-refractivity contribution in [1.29, 1.82) is 0 Å². The molecule has 0 saturated carbocycles. The molecule has 1 fully saturated rings. The van der Waals surface area contributed by atoms with E-state index >= 15 is 0 Å². The number of halogens is 1. The maximum absolute atomic E-state index is 12.7. The topological polar surface area (TPSA) is 59.8 Å². The SMILES string of the molecule is Cc1oc(C)c(S(=O)(=O)N(C)C2CCOC2)c1CCl. The normalized spacial score (nSPS) is 20.4. The van der Waals surface area contributed by atoms with Gasteiger partial charge in [-0.25, -0.2) is 8.42 Å². The third-order valence-electron chi connectivity index (χ3n) is 3.52. The summed E-state index contributed by atoms with van der Waals surface area (Å²) in [7, 11) is -2.02. The van der Waals surface area contributed by atoms with Crippen LogP contribution in [-0.2, 0) is 20.6 Å². The zero-order chi connectivity index (χ0) is 14.2. The highest BCUT2D eigenvalue weighted by molar-refractivity contribution is 7.89. The van der Waals surface area contributed by atoms with Crippen molar-refractivity contribution in [2.24, 2.45) is 0 Å². The van der Waals surface area contributed by atoms with Crippen LogP contribution < -0.4 is 0 Å². The van der Waals surface area contributed by atoms with Gasteiger partial charge in [0.15, 0.2) is 0 Å². The van der Waals surface area contributed by atoms with Crippen LogP contribution in [-0.4, -0.2) is 39.0 Å². The van der Waals surface area contributed by atoms with Gasteiger partial charge in [0.25, 0.3) is 0 Å². The zero-order valence-corrected chi connectivity index (χ0v) is 12.8. The summed E-state index contributed by atoms with van der Waals surface area (Å²) >= 11 is 5.85. The molecule has 0 radical (unpaired) electrons. The van der Waals surface area contributed by atoms with Crippen LogP contribution in [0.2, 0.25) is 0 Å². The molecule has 1 aromatic heterocycles. The van der Waals surface area contributed by atoms with Gasteiger partial charge < -0.3 is 9.15 Å². The largest absolute Gasteiger partial charge is 0.465 e. The van der Waals surface area contributed by atoms with Crippen LogP contribution in [0.15, 0.2) is 9.31 Å². The van der Waals surface area contributed by atoms with Crippen LogP contribution in [0.25, 0.3) is 0 Å². The molecule has 2 heterocycles. The monoisotopic (exact) mass is 307 g/mol. The molecule has 0 bridgehead atoms. The number of nitrogens with zero attached hydrogens (tertiary/aromatic N) is 1. The second-order valence-corrected chi connectivity index (χ2v) is 6.90. The standard InChI is InChI=1S/C12H18ClNO4S/c1-8-11(6-13)12(9(2)18-8)19(15,16)14(3)10-4-5-17-7-10/h10H,4-7H2,1-3H3. The van der Waals surface area contributed by atoms with Crippen molar-refractivity contribution >= 4 is 21.6 Å². The molecule has 2 rings (SSSR count). The average molecular weight is 308 g/mol. The van der Waals surface area contributed by atoms with Gasteiger partial charge in [-0.3, -0.25) is 0 Å². The molecule has 0 aromatic carbocycles. The average Bonchev–Trinajstić information content (AvgIpc) is 2.95. The smallest absolute Gasteiger partial charge is 0.246 e. The van der Waals surface area contributed by atoms with Crippen LogP contribution in [0.4, 0.5) is 0 Å². The van der Waals surface area contributed by atoms with Gasteiger partial charge in [-0.05, 0) is 20.3 Å². The minimum absolute atomic E-state index is 0.118. The summed E-state index contributed by atoms with van der Waals surface area (Å²) in [6.07, 6.45) is 0.710. The van der Waals surface area contributed by atoms with Gasteiger partial charge in [-0.2, -0.15) is 4.31 Å². The minimum atomic E-state index is -3.60. The maximum atomic E-state index is 12.7. The molecular weight excluding hydrogens is 290 g/mol. The number of alkyl halides is 1. The molecule has 7 heteroatoms. The predicted molar refractivity (Wildman–Crippen MR) is 71.9 cm³/mol. The molecule has 0 aliphatic carbocycles. The molecule has 108 valence electrons. The van der Waals surface area contributed by atoms with Gasteiger partial charge in [0, 0.05) is 19.2 Å². The van der Waals surface area contributed by atoms with E-state index in [0.29, 0.717) is 36.7 Å². The van der Waals surface area contributed by atoms with Crippen molar-refractivity contribution in [1.82, 2.24) is 4.31 Å². The summed E-state index contributed by atoms with van der Waals surface area (Å²) in [5.41, 5.74) is 0.546. The fourth-order valence-electron chi connectivity index (χ4n) is 2.35. The van der Waals surface area contributed by atoms with Crippen molar-refractivity contribution in [2.75, 3.05) is 20.3 Å². The third-order valence-corrected chi connectivity index (χ3v) is 5.89. The Morgan fingerprint density at radius 3 is 2.58 bits per heavy atom. The number of rotatable bonds is 4. The van der Waals surface area contributed by atoms with Crippen LogP contribution in [0, 0.1) is 13.8 Å². The van der Waals surface area contributed by atoms with Gasteiger partial charge in [-0.15, -0.1) is 11.6 Å².